The number of carbonyl (C=O) groups is 1. The van der Waals surface area contributed by atoms with E-state index in [1.807, 2.05) is 55.6 Å². The van der Waals surface area contributed by atoms with Gasteiger partial charge < -0.3 is 10.1 Å². The Morgan fingerprint density at radius 3 is 2.83 bits per heavy atom. The molecule has 0 atom stereocenters. The summed E-state index contributed by atoms with van der Waals surface area (Å²) in [5.74, 6) is 0.327. The highest BCUT2D eigenvalue weighted by molar-refractivity contribution is 7.15. The molecule has 146 valence electrons. The summed E-state index contributed by atoms with van der Waals surface area (Å²) >= 11 is 1.39. The molecule has 0 aliphatic carbocycles. The molecule has 4 rings (SSSR count). The molecule has 6 nitrogen and oxygen atoms in total. The second-order valence-electron chi connectivity index (χ2n) is 6.70. The first-order valence-electron chi connectivity index (χ1n) is 9.07. The highest BCUT2D eigenvalue weighted by atomic mass is 32.1. The third-order valence-corrected chi connectivity index (χ3v) is 5.26. The van der Waals surface area contributed by atoms with E-state index in [2.05, 4.69) is 10.3 Å². The minimum atomic E-state index is -0.201. The first-order chi connectivity index (χ1) is 14.0. The van der Waals surface area contributed by atoms with E-state index in [9.17, 15) is 9.59 Å². The van der Waals surface area contributed by atoms with Crippen molar-refractivity contribution >= 4 is 27.9 Å². The van der Waals surface area contributed by atoms with Gasteiger partial charge in [-0.3, -0.25) is 14.0 Å². The summed E-state index contributed by atoms with van der Waals surface area (Å²) < 4.78 is 7.43. The predicted octanol–water partition coefficient (Wildman–Crippen LogP) is 4.20. The minimum Gasteiger partial charge on any atom is -0.485 e. The third-order valence-electron chi connectivity index (χ3n) is 4.51. The van der Waals surface area contributed by atoms with Gasteiger partial charge in [0.1, 0.15) is 12.4 Å². The zero-order valence-electron chi connectivity index (χ0n) is 16.0. The summed E-state index contributed by atoms with van der Waals surface area (Å²) in [6.45, 7) is 3.97. The van der Waals surface area contributed by atoms with Gasteiger partial charge in [0, 0.05) is 23.2 Å². The fourth-order valence-electron chi connectivity index (χ4n) is 2.98. The topological polar surface area (TPSA) is 72.7 Å². The molecular formula is C22H19N3O3S. The average Bonchev–Trinajstić information content (AvgIpc) is 3.17. The number of nitrogens with zero attached hydrogens (tertiary/aromatic N) is 2. The number of ether oxygens (including phenoxy) is 1. The Morgan fingerprint density at radius 2 is 2.00 bits per heavy atom. The fraction of sp³-hybridized carbons (Fsp3) is 0.136. The summed E-state index contributed by atoms with van der Waals surface area (Å²) in [5.41, 5.74) is 3.46. The second kappa shape index (κ2) is 7.89. The van der Waals surface area contributed by atoms with Crippen LogP contribution in [-0.2, 0) is 6.61 Å². The SMILES string of the molecule is Cc1ccc(NC(=O)c2ccccc2C)c(OCc2cc(=O)n3ccsc3n2)c1. The number of carbonyl (C=O) groups excluding carboxylic acids is 1. The number of amides is 1. The van der Waals surface area contributed by atoms with Crippen LogP contribution in [0.3, 0.4) is 0 Å². The molecule has 0 radical (unpaired) electrons. The minimum absolute atomic E-state index is 0.125. The van der Waals surface area contributed by atoms with Gasteiger partial charge in [-0.1, -0.05) is 24.3 Å². The van der Waals surface area contributed by atoms with E-state index in [4.69, 9.17) is 4.74 Å². The number of benzene rings is 2. The standard InChI is InChI=1S/C22H19N3O3S/c1-14-7-8-18(24-21(27)17-6-4-3-5-15(17)2)19(11-14)28-13-16-12-20(26)25-9-10-29-22(25)23-16/h3-12H,13H2,1-2H3,(H,24,27). The zero-order valence-corrected chi connectivity index (χ0v) is 16.8. The highest BCUT2D eigenvalue weighted by Crippen LogP contribution is 2.27. The summed E-state index contributed by atoms with van der Waals surface area (Å²) in [6.07, 6.45) is 1.69. The number of fused-ring (bicyclic) bond motifs is 1. The van der Waals surface area contributed by atoms with Crippen LogP contribution in [0.5, 0.6) is 5.75 Å². The van der Waals surface area contributed by atoms with Crippen molar-refractivity contribution < 1.29 is 9.53 Å². The molecule has 0 bridgehead atoms. The van der Waals surface area contributed by atoms with Crippen LogP contribution < -0.4 is 15.6 Å². The number of hydrogen-bond acceptors (Lipinski definition) is 5. The fourth-order valence-corrected chi connectivity index (χ4v) is 3.72. The van der Waals surface area contributed by atoms with Crippen molar-refractivity contribution in [2.75, 3.05) is 5.32 Å². The van der Waals surface area contributed by atoms with E-state index in [-0.39, 0.29) is 18.1 Å². The predicted molar refractivity (Wildman–Crippen MR) is 114 cm³/mol. The molecule has 0 aliphatic heterocycles. The molecule has 2 aromatic carbocycles. The van der Waals surface area contributed by atoms with E-state index in [1.54, 1.807) is 12.3 Å². The quantitative estimate of drug-likeness (QED) is 0.540. The molecule has 0 unspecified atom stereocenters. The van der Waals surface area contributed by atoms with Gasteiger partial charge in [-0.15, -0.1) is 11.3 Å². The van der Waals surface area contributed by atoms with E-state index in [1.165, 1.54) is 21.8 Å². The van der Waals surface area contributed by atoms with Gasteiger partial charge in [0.25, 0.3) is 11.5 Å². The lowest BCUT2D eigenvalue weighted by Gasteiger charge is -2.14. The van der Waals surface area contributed by atoms with Gasteiger partial charge in [-0.2, -0.15) is 0 Å². The molecular weight excluding hydrogens is 386 g/mol. The monoisotopic (exact) mass is 405 g/mol. The van der Waals surface area contributed by atoms with Crippen LogP contribution in [0.25, 0.3) is 4.96 Å². The Balaban J connectivity index is 1.57. The number of rotatable bonds is 5. The lowest BCUT2D eigenvalue weighted by Crippen LogP contribution is -2.15. The van der Waals surface area contributed by atoms with Gasteiger partial charge in [0.15, 0.2) is 4.96 Å². The van der Waals surface area contributed by atoms with Gasteiger partial charge >= 0.3 is 0 Å². The van der Waals surface area contributed by atoms with Crippen molar-refractivity contribution in [2.24, 2.45) is 0 Å². The Kier molecular flexibility index (Phi) is 5.14. The van der Waals surface area contributed by atoms with Crippen molar-refractivity contribution in [3.8, 4) is 5.75 Å². The molecule has 7 heteroatoms. The molecule has 0 spiro atoms. The Morgan fingerprint density at radius 1 is 1.17 bits per heavy atom. The lowest BCUT2D eigenvalue weighted by molar-refractivity contribution is 0.102. The van der Waals surface area contributed by atoms with Crippen LogP contribution >= 0.6 is 11.3 Å². The molecule has 1 N–H and O–H groups in total. The highest BCUT2D eigenvalue weighted by Gasteiger charge is 2.13. The molecule has 29 heavy (non-hydrogen) atoms. The number of hydrogen-bond donors (Lipinski definition) is 1. The van der Waals surface area contributed by atoms with Crippen molar-refractivity contribution in [3.05, 3.63) is 92.8 Å². The lowest BCUT2D eigenvalue weighted by atomic mass is 10.1. The molecule has 0 aliphatic rings. The molecule has 0 saturated heterocycles. The number of thiazole rings is 1. The molecule has 0 saturated carbocycles. The molecule has 4 aromatic rings. The first kappa shape index (κ1) is 18.9. The maximum absolute atomic E-state index is 12.7. The van der Waals surface area contributed by atoms with Crippen molar-refractivity contribution in [1.29, 1.82) is 0 Å². The van der Waals surface area contributed by atoms with Crippen LogP contribution in [-0.4, -0.2) is 15.3 Å². The first-order valence-corrected chi connectivity index (χ1v) is 9.95. The van der Waals surface area contributed by atoms with Crippen molar-refractivity contribution in [1.82, 2.24) is 9.38 Å². The summed E-state index contributed by atoms with van der Waals surface area (Å²) in [5, 5.41) is 4.73. The normalized spacial score (nSPS) is 10.8. The average molecular weight is 405 g/mol. The summed E-state index contributed by atoms with van der Waals surface area (Å²) in [4.78, 5) is 29.9. The van der Waals surface area contributed by atoms with Crippen LogP contribution in [0.4, 0.5) is 5.69 Å². The zero-order chi connectivity index (χ0) is 20.4. The number of aryl methyl sites for hydroxylation is 2. The summed E-state index contributed by atoms with van der Waals surface area (Å²) in [7, 11) is 0. The Hall–Kier alpha value is -3.45. The van der Waals surface area contributed by atoms with E-state index in [0.717, 1.165) is 11.1 Å². The van der Waals surface area contributed by atoms with E-state index < -0.39 is 0 Å². The molecule has 0 fully saturated rings. The van der Waals surface area contributed by atoms with E-state index >= 15 is 0 Å². The Bertz CT molecular complexity index is 1260. The third kappa shape index (κ3) is 4.05. The maximum atomic E-state index is 12.7. The molecule has 1 amide bonds. The molecule has 2 aromatic heterocycles. The van der Waals surface area contributed by atoms with Gasteiger partial charge in [0.05, 0.1) is 11.4 Å². The maximum Gasteiger partial charge on any atom is 0.258 e. The van der Waals surface area contributed by atoms with Crippen molar-refractivity contribution in [2.45, 2.75) is 20.5 Å². The Labute approximate surface area is 171 Å². The smallest absolute Gasteiger partial charge is 0.258 e. The number of nitrogens with one attached hydrogen (secondary N) is 1. The van der Waals surface area contributed by atoms with Crippen LogP contribution in [0, 0.1) is 13.8 Å². The summed E-state index contributed by atoms with van der Waals surface area (Å²) in [6, 6.07) is 14.4. The number of aromatic nitrogens is 2. The van der Waals surface area contributed by atoms with Crippen molar-refractivity contribution in [3.63, 3.8) is 0 Å². The van der Waals surface area contributed by atoms with Crippen LogP contribution in [0.15, 0.2) is 64.9 Å². The van der Waals surface area contributed by atoms with Gasteiger partial charge in [0.2, 0.25) is 0 Å². The molecule has 2 heterocycles. The van der Waals surface area contributed by atoms with Gasteiger partial charge in [-0.05, 0) is 43.2 Å². The van der Waals surface area contributed by atoms with Crippen LogP contribution in [0.2, 0.25) is 0 Å². The second-order valence-corrected chi connectivity index (χ2v) is 7.57. The van der Waals surface area contributed by atoms with Gasteiger partial charge in [-0.25, -0.2) is 4.98 Å². The largest absolute Gasteiger partial charge is 0.485 e. The van der Waals surface area contributed by atoms with Crippen LogP contribution in [0.1, 0.15) is 27.2 Å². The van der Waals surface area contributed by atoms with E-state index in [0.29, 0.717) is 27.7 Å². The number of anilines is 1.